The van der Waals surface area contributed by atoms with E-state index < -0.39 is 0 Å². The summed E-state index contributed by atoms with van der Waals surface area (Å²) in [6.45, 7) is 3.54. The molecule has 0 radical (unpaired) electrons. The highest BCUT2D eigenvalue weighted by atomic mass is 16.5. The van der Waals surface area contributed by atoms with Crippen LogP contribution in [0.2, 0.25) is 0 Å². The molecule has 6 heterocycles. The molecule has 18 nitrogen and oxygen atoms in total. The van der Waals surface area contributed by atoms with E-state index >= 15 is 0 Å². The first kappa shape index (κ1) is 58.4. The fourth-order valence-electron chi connectivity index (χ4n) is 13.4. The molecule has 0 spiro atoms. The van der Waals surface area contributed by atoms with Gasteiger partial charge in [-0.25, -0.2) is 29.9 Å². The van der Waals surface area contributed by atoms with Crippen molar-refractivity contribution in [2.24, 2.45) is 0 Å². The lowest BCUT2D eigenvalue weighted by atomic mass is 9.88. The van der Waals surface area contributed by atoms with E-state index in [9.17, 15) is 0 Å². The summed E-state index contributed by atoms with van der Waals surface area (Å²) in [6, 6.07) is 27.2. The molecule has 13 rings (SSSR count). The zero-order chi connectivity index (χ0) is 61.5. The minimum atomic E-state index is 0.489. The molecule has 0 saturated heterocycles. The van der Waals surface area contributed by atoms with Gasteiger partial charge in [0, 0.05) is 152 Å². The zero-order valence-corrected chi connectivity index (χ0v) is 51.6. The van der Waals surface area contributed by atoms with Crippen molar-refractivity contribution in [2.45, 2.75) is 77.8 Å². The van der Waals surface area contributed by atoms with Crippen molar-refractivity contribution in [3.63, 3.8) is 0 Å². The largest absolute Gasteiger partial charge is 0.496 e. The van der Waals surface area contributed by atoms with Gasteiger partial charge in [-0.1, -0.05) is 0 Å². The van der Waals surface area contributed by atoms with E-state index in [1.165, 1.54) is 0 Å². The van der Waals surface area contributed by atoms with Crippen LogP contribution < -0.4 is 28.4 Å². The monoisotopic (exact) mass is 1200 g/mol. The van der Waals surface area contributed by atoms with Crippen LogP contribution in [0.4, 0.5) is 0 Å². The number of fused-ring (bicyclic) bond motifs is 12. The molecule has 0 unspecified atom stereocenters. The quantitative estimate of drug-likeness (QED) is 0.0800. The number of aromatic nitrogens is 12. The van der Waals surface area contributed by atoms with Gasteiger partial charge in [-0.05, 0) is 173 Å². The minimum Gasteiger partial charge on any atom is -0.496 e. The molecule has 6 aromatic heterocycles. The Balaban J connectivity index is 1.07. The molecule has 6 aromatic carbocycles. The summed E-state index contributed by atoms with van der Waals surface area (Å²) in [5.74, 6) is 4.72. The van der Waals surface area contributed by atoms with Gasteiger partial charge in [-0.3, -0.25) is 0 Å². The molecule has 90 heavy (non-hydrogen) atoms. The van der Waals surface area contributed by atoms with Crippen molar-refractivity contribution in [1.82, 2.24) is 57.3 Å². The second-order valence-corrected chi connectivity index (χ2v) is 23.2. The number of imidazole rings is 6. The van der Waals surface area contributed by atoms with Crippen molar-refractivity contribution < 1.29 is 28.4 Å². The summed E-state index contributed by atoms with van der Waals surface area (Å²) >= 11 is 0. The van der Waals surface area contributed by atoms with Gasteiger partial charge >= 0.3 is 0 Å². The standard InChI is InChI=1S/C72H72N12O6/c1-85-67-55-19-49(37-79-13-7-73-43-79)20-56(67)32-58-22-51(39-81-15-9-75-45-81)24-60(69(58)87-3)34-62-26-53(41-83-17-11-77-47-83)28-64(71(62)89-5)36-66-30-54(42-84-18-12-78-48-84)29-65(72(66)90-6)35-63-27-52(40-82-16-10-76-46-82)25-61(70(63)88-4)33-59-23-50(38-80-14-8-74-44-80)21-57(31-55)68(59)86-2/h7-30,43-48H,31-42H2,1-6H3. The van der Waals surface area contributed by atoms with Gasteiger partial charge in [0.15, 0.2) is 0 Å². The van der Waals surface area contributed by atoms with Gasteiger partial charge in [-0.15, -0.1) is 0 Å². The average molecular weight is 1200 g/mol. The van der Waals surface area contributed by atoms with E-state index in [0.717, 1.165) is 135 Å². The van der Waals surface area contributed by atoms with Crippen molar-refractivity contribution in [2.75, 3.05) is 42.7 Å². The first-order chi connectivity index (χ1) is 44.2. The Labute approximate surface area is 523 Å². The highest BCUT2D eigenvalue weighted by molar-refractivity contribution is 5.60. The third-order valence-corrected chi connectivity index (χ3v) is 16.9. The predicted molar refractivity (Wildman–Crippen MR) is 343 cm³/mol. The normalized spacial score (nSPS) is 12.3. The number of methoxy groups -OCH3 is 6. The zero-order valence-electron chi connectivity index (χ0n) is 51.6. The van der Waals surface area contributed by atoms with Gasteiger partial charge < -0.3 is 55.8 Å². The predicted octanol–water partition coefficient (Wildman–Crippen LogP) is 11.1. The molecule has 0 aliphatic heterocycles. The summed E-state index contributed by atoms with van der Waals surface area (Å²) in [7, 11) is 10.6. The number of benzene rings is 6. The van der Waals surface area contributed by atoms with Crippen molar-refractivity contribution in [3.8, 4) is 34.5 Å². The van der Waals surface area contributed by atoms with E-state index in [4.69, 9.17) is 28.4 Å². The van der Waals surface area contributed by atoms with Crippen LogP contribution in [0.15, 0.2) is 185 Å². The Hall–Kier alpha value is -10.6. The number of ether oxygens (including phenoxy) is 6. The Bertz CT molecular complexity index is 3520. The topological polar surface area (TPSA) is 162 Å². The molecular weight excluding hydrogens is 1130 g/mol. The Kier molecular flexibility index (Phi) is 17.1. The van der Waals surface area contributed by atoms with Gasteiger partial charge in [0.05, 0.1) is 80.6 Å². The molecule has 12 bridgehead atoms. The molecular formula is C72H72N12O6. The highest BCUT2D eigenvalue weighted by Crippen LogP contribution is 2.42. The second-order valence-electron chi connectivity index (χ2n) is 23.2. The van der Waals surface area contributed by atoms with Gasteiger partial charge in [0.25, 0.3) is 0 Å². The van der Waals surface area contributed by atoms with Crippen LogP contribution in [0.1, 0.15) is 100 Å². The molecule has 0 saturated carbocycles. The maximum Gasteiger partial charge on any atom is 0.125 e. The molecule has 12 aromatic rings. The first-order valence-corrected chi connectivity index (χ1v) is 30.1. The van der Waals surface area contributed by atoms with Crippen LogP contribution in [0, 0.1) is 0 Å². The van der Waals surface area contributed by atoms with Crippen LogP contribution in [0.5, 0.6) is 34.5 Å². The Morgan fingerprint density at radius 1 is 0.233 bits per heavy atom. The molecule has 1 aliphatic rings. The van der Waals surface area contributed by atoms with Crippen LogP contribution >= 0.6 is 0 Å². The molecule has 0 atom stereocenters. The highest BCUT2D eigenvalue weighted by Gasteiger charge is 2.26. The molecule has 0 amide bonds. The lowest BCUT2D eigenvalue weighted by molar-refractivity contribution is 0.395. The average Bonchev–Trinajstić information content (AvgIpc) is 1.79. The van der Waals surface area contributed by atoms with Gasteiger partial charge in [0.1, 0.15) is 34.5 Å². The maximum atomic E-state index is 6.66. The van der Waals surface area contributed by atoms with Gasteiger partial charge in [0.2, 0.25) is 0 Å². The van der Waals surface area contributed by atoms with E-state index in [0.29, 0.717) is 77.8 Å². The summed E-state index contributed by atoms with van der Waals surface area (Å²) in [5.41, 5.74) is 18.7. The summed E-state index contributed by atoms with van der Waals surface area (Å²) in [4.78, 5) is 26.6. The molecule has 456 valence electrons. The van der Waals surface area contributed by atoms with Crippen LogP contribution in [-0.2, 0) is 77.8 Å². The van der Waals surface area contributed by atoms with E-state index in [-0.39, 0.29) is 0 Å². The number of nitrogens with zero attached hydrogens (tertiary/aromatic N) is 12. The van der Waals surface area contributed by atoms with E-state index in [2.05, 4.69) is 130 Å². The van der Waals surface area contributed by atoms with Gasteiger partial charge in [-0.2, -0.15) is 0 Å². The molecule has 0 N–H and O–H groups in total. The van der Waals surface area contributed by atoms with Crippen LogP contribution in [0.3, 0.4) is 0 Å². The minimum absolute atomic E-state index is 0.489. The second kappa shape index (κ2) is 26.4. The van der Waals surface area contributed by atoms with E-state index in [1.807, 2.05) is 112 Å². The summed E-state index contributed by atoms with van der Waals surface area (Å²) in [6.07, 6.45) is 37.0. The maximum absolute atomic E-state index is 6.66. The van der Waals surface area contributed by atoms with Crippen molar-refractivity contribution in [3.05, 3.63) is 285 Å². The third-order valence-electron chi connectivity index (χ3n) is 16.9. The lowest BCUT2D eigenvalue weighted by Crippen LogP contribution is -2.10. The fourth-order valence-corrected chi connectivity index (χ4v) is 13.4. The summed E-state index contributed by atoms with van der Waals surface area (Å²) < 4.78 is 52.6. The Morgan fingerprint density at radius 2 is 0.367 bits per heavy atom. The van der Waals surface area contributed by atoms with E-state index in [1.54, 1.807) is 42.7 Å². The Morgan fingerprint density at radius 3 is 0.467 bits per heavy atom. The molecule has 1 aliphatic carbocycles. The first-order valence-electron chi connectivity index (χ1n) is 30.1. The number of hydrogen-bond donors (Lipinski definition) is 0. The van der Waals surface area contributed by atoms with Crippen molar-refractivity contribution in [1.29, 1.82) is 0 Å². The number of hydrogen-bond acceptors (Lipinski definition) is 12. The SMILES string of the molecule is COc1c2cc(Cn3ccnc3)cc1Cc1cc(Cn3ccnc3)cc(c1OC)Cc1cc(Cn3ccnc3)cc(c1OC)Cc1cc(Cn3ccnc3)cc(c1OC)Cc1cc(Cn3ccnc3)cc(c1OC)Cc1cc(Cn3ccnc3)cc(c1OC)C2. The summed E-state index contributed by atoms with van der Waals surface area (Å²) in [5, 5.41) is 0. The fraction of sp³-hybridized carbons (Fsp3) is 0.250. The van der Waals surface area contributed by atoms with Crippen molar-refractivity contribution >= 4 is 0 Å². The van der Waals surface area contributed by atoms with Crippen LogP contribution in [0.25, 0.3) is 0 Å². The van der Waals surface area contributed by atoms with Crippen LogP contribution in [-0.4, -0.2) is 100.0 Å². The number of rotatable bonds is 18. The third kappa shape index (κ3) is 12.9. The lowest BCUT2D eigenvalue weighted by Gasteiger charge is -2.23. The molecule has 0 fully saturated rings. The smallest absolute Gasteiger partial charge is 0.125 e. The molecule has 18 heteroatoms.